The predicted octanol–water partition coefficient (Wildman–Crippen LogP) is 7.76. The van der Waals surface area contributed by atoms with Crippen molar-refractivity contribution in [1.29, 1.82) is 5.26 Å². The van der Waals surface area contributed by atoms with E-state index < -0.39 is 0 Å². The van der Waals surface area contributed by atoms with E-state index >= 15 is 0 Å². The van der Waals surface area contributed by atoms with E-state index in [2.05, 4.69) is 36.4 Å². The molecule has 0 aliphatic heterocycles. The Balaban J connectivity index is 1.21. The highest BCUT2D eigenvalue weighted by Crippen LogP contribution is 2.34. The second kappa shape index (κ2) is 10.4. The van der Waals surface area contributed by atoms with Gasteiger partial charge in [-0.05, 0) is 65.7 Å². The number of rotatable bonds is 5. The molecule has 9 heteroatoms. The van der Waals surface area contributed by atoms with Gasteiger partial charge in [-0.25, -0.2) is 9.97 Å². The van der Waals surface area contributed by atoms with Crippen LogP contribution in [0.5, 0.6) is 0 Å². The van der Waals surface area contributed by atoms with Crippen molar-refractivity contribution < 1.29 is 8.83 Å². The topological polar surface area (TPSA) is 127 Å². The molecule has 8 rings (SSSR count). The summed E-state index contributed by atoms with van der Waals surface area (Å²) in [7, 11) is 0. The lowest BCUT2D eigenvalue weighted by Crippen LogP contribution is -1.87. The lowest BCUT2D eigenvalue weighted by Gasteiger charge is -2.07. The number of nitriles is 1. The van der Waals surface area contributed by atoms with Gasteiger partial charge in [-0.1, -0.05) is 60.7 Å². The van der Waals surface area contributed by atoms with Crippen LogP contribution in [0.25, 0.3) is 79.0 Å². The smallest absolute Gasteiger partial charge is 0.266 e. The van der Waals surface area contributed by atoms with Crippen molar-refractivity contribution in [3.63, 3.8) is 0 Å². The summed E-state index contributed by atoms with van der Waals surface area (Å²) in [6.45, 7) is 0. The Bertz CT molecular complexity index is 2230. The zero-order chi connectivity index (χ0) is 29.5. The Labute approximate surface area is 250 Å². The Morgan fingerprint density at radius 2 is 0.932 bits per heavy atom. The number of benzene rings is 4. The molecule has 0 saturated heterocycles. The van der Waals surface area contributed by atoms with Crippen LogP contribution in [-0.2, 0) is 0 Å². The van der Waals surface area contributed by atoms with E-state index in [4.69, 9.17) is 8.83 Å². The molecule has 8 aromatic rings. The largest absolute Gasteiger partial charge is 0.415 e. The summed E-state index contributed by atoms with van der Waals surface area (Å²) in [6, 6.07) is 38.6. The van der Waals surface area contributed by atoms with Crippen LogP contribution in [0.3, 0.4) is 0 Å². The Kier molecular flexibility index (Phi) is 5.95. The first-order valence-electron chi connectivity index (χ1n) is 13.8. The zero-order valence-electron chi connectivity index (χ0n) is 22.9. The number of hydrogen-bond donors (Lipinski definition) is 0. The number of aromatic nitrogens is 6. The van der Waals surface area contributed by atoms with Crippen molar-refractivity contribution in [3.05, 3.63) is 121 Å². The van der Waals surface area contributed by atoms with Gasteiger partial charge < -0.3 is 8.83 Å². The highest BCUT2D eigenvalue weighted by atomic mass is 16.4. The summed E-state index contributed by atoms with van der Waals surface area (Å²) in [5, 5.41) is 28.6. The number of nitrogens with zero attached hydrogens (tertiary/aromatic N) is 7. The number of para-hydroxylation sites is 2. The van der Waals surface area contributed by atoms with Gasteiger partial charge in [0.25, 0.3) is 11.8 Å². The molecule has 0 aliphatic carbocycles. The molecule has 4 aromatic heterocycles. The van der Waals surface area contributed by atoms with E-state index in [0.29, 0.717) is 51.6 Å². The monoisotopic (exact) mass is 569 g/mol. The lowest BCUT2D eigenvalue weighted by molar-refractivity contribution is 0.580. The minimum Gasteiger partial charge on any atom is -0.415 e. The number of pyridine rings is 2. The fourth-order valence-corrected chi connectivity index (χ4v) is 5.04. The number of fused-ring (bicyclic) bond motifs is 2. The van der Waals surface area contributed by atoms with Crippen LogP contribution in [0, 0.1) is 11.3 Å². The molecule has 0 aliphatic rings. The molecule has 44 heavy (non-hydrogen) atoms. The van der Waals surface area contributed by atoms with Gasteiger partial charge in [0, 0.05) is 21.9 Å². The van der Waals surface area contributed by atoms with E-state index in [1.54, 1.807) is 12.1 Å². The summed E-state index contributed by atoms with van der Waals surface area (Å²) in [6.07, 6.45) is 0. The predicted molar refractivity (Wildman–Crippen MR) is 165 cm³/mol. The molecule has 0 atom stereocenters. The lowest BCUT2D eigenvalue weighted by atomic mass is 9.99. The molecule has 4 heterocycles. The standard InChI is InChI=1S/C35H19N7O2/c36-20-21-9-11-22(12-10-21)25-17-26(32-39-41-34(43-32)30-15-13-23-5-1-3-7-28(23)37-30)19-27(18-25)33-40-42-35(44-33)31-16-14-24-6-2-4-8-29(24)38-31/h1-19H. The van der Waals surface area contributed by atoms with Crippen molar-refractivity contribution >= 4 is 21.8 Å². The van der Waals surface area contributed by atoms with Gasteiger partial charge in [0.15, 0.2) is 0 Å². The van der Waals surface area contributed by atoms with Crippen LogP contribution in [0.1, 0.15) is 5.56 Å². The van der Waals surface area contributed by atoms with Crippen LogP contribution in [0.15, 0.2) is 124 Å². The highest BCUT2D eigenvalue weighted by Gasteiger charge is 2.18. The second-order valence-corrected chi connectivity index (χ2v) is 10.1. The maximum absolute atomic E-state index is 9.28. The SMILES string of the molecule is N#Cc1ccc(-c2cc(-c3nnc(-c4ccc5ccccc5n4)o3)cc(-c3nnc(-c4ccc5ccccc5n4)o3)c2)cc1. The van der Waals surface area contributed by atoms with E-state index in [-0.39, 0.29) is 0 Å². The van der Waals surface area contributed by atoms with Crippen LogP contribution in [-0.4, -0.2) is 30.4 Å². The molecule has 0 spiro atoms. The molecule has 9 nitrogen and oxygen atoms in total. The summed E-state index contributed by atoms with van der Waals surface area (Å²) in [5.74, 6) is 1.22. The molecule has 0 radical (unpaired) electrons. The third kappa shape index (κ3) is 4.62. The average molecular weight is 570 g/mol. The highest BCUT2D eigenvalue weighted by molar-refractivity contribution is 5.82. The first-order valence-corrected chi connectivity index (χ1v) is 13.8. The number of hydrogen-bond acceptors (Lipinski definition) is 9. The molecule has 0 N–H and O–H groups in total. The fraction of sp³-hybridized carbons (Fsp3) is 0. The second-order valence-electron chi connectivity index (χ2n) is 10.1. The van der Waals surface area contributed by atoms with Crippen LogP contribution in [0.4, 0.5) is 0 Å². The molecule has 0 amide bonds. The molecule has 0 bridgehead atoms. The molecular formula is C35H19N7O2. The molecule has 0 unspecified atom stereocenters. The maximum Gasteiger partial charge on any atom is 0.266 e. The van der Waals surface area contributed by atoms with Crippen molar-refractivity contribution in [2.24, 2.45) is 0 Å². The first kappa shape index (κ1) is 25.2. The summed E-state index contributed by atoms with van der Waals surface area (Å²) in [5.41, 5.74) is 6.44. The van der Waals surface area contributed by atoms with Crippen LogP contribution >= 0.6 is 0 Å². The summed E-state index contributed by atoms with van der Waals surface area (Å²) < 4.78 is 12.3. The van der Waals surface area contributed by atoms with Crippen molar-refractivity contribution in [2.45, 2.75) is 0 Å². The Hall–Kier alpha value is -6.53. The molecular weight excluding hydrogens is 550 g/mol. The third-order valence-corrected chi connectivity index (χ3v) is 7.26. The van der Waals surface area contributed by atoms with Gasteiger partial charge in [-0.2, -0.15) is 5.26 Å². The van der Waals surface area contributed by atoms with Crippen LogP contribution in [0.2, 0.25) is 0 Å². The molecule has 4 aromatic carbocycles. The van der Waals surface area contributed by atoms with Crippen molar-refractivity contribution in [2.75, 3.05) is 0 Å². The normalized spacial score (nSPS) is 11.2. The third-order valence-electron chi connectivity index (χ3n) is 7.26. The van der Waals surface area contributed by atoms with E-state index in [1.165, 1.54) is 0 Å². The first-order chi connectivity index (χ1) is 21.7. The van der Waals surface area contributed by atoms with Crippen LogP contribution < -0.4 is 0 Å². The van der Waals surface area contributed by atoms with E-state index in [0.717, 1.165) is 32.9 Å². The molecule has 0 saturated carbocycles. The van der Waals surface area contributed by atoms with Crippen molar-refractivity contribution in [3.8, 4) is 63.3 Å². The van der Waals surface area contributed by atoms with E-state index in [1.807, 2.05) is 103 Å². The van der Waals surface area contributed by atoms with Gasteiger partial charge in [-0.3, -0.25) is 0 Å². The average Bonchev–Trinajstić information content (AvgIpc) is 3.79. The van der Waals surface area contributed by atoms with E-state index in [9.17, 15) is 5.26 Å². The quantitative estimate of drug-likeness (QED) is 0.204. The van der Waals surface area contributed by atoms with Crippen molar-refractivity contribution in [1.82, 2.24) is 30.4 Å². The Morgan fingerprint density at radius 1 is 0.455 bits per heavy atom. The van der Waals surface area contributed by atoms with Gasteiger partial charge in [0.05, 0.1) is 22.7 Å². The maximum atomic E-state index is 9.28. The van der Waals surface area contributed by atoms with Gasteiger partial charge in [0.2, 0.25) is 11.8 Å². The minimum absolute atomic E-state index is 0.304. The van der Waals surface area contributed by atoms with Gasteiger partial charge >= 0.3 is 0 Å². The fourth-order valence-electron chi connectivity index (χ4n) is 5.04. The van der Waals surface area contributed by atoms with Gasteiger partial charge in [0.1, 0.15) is 11.4 Å². The Morgan fingerprint density at radius 3 is 1.45 bits per heavy atom. The van der Waals surface area contributed by atoms with Gasteiger partial charge in [-0.15, -0.1) is 20.4 Å². The summed E-state index contributed by atoms with van der Waals surface area (Å²) in [4.78, 5) is 9.38. The zero-order valence-corrected chi connectivity index (χ0v) is 22.9. The minimum atomic E-state index is 0.304. The molecule has 206 valence electrons. The molecule has 0 fully saturated rings. The summed E-state index contributed by atoms with van der Waals surface area (Å²) >= 11 is 0.